The van der Waals surface area contributed by atoms with Crippen molar-refractivity contribution in [2.45, 2.75) is 11.8 Å². The summed E-state index contributed by atoms with van der Waals surface area (Å²) in [5.74, 6) is -3.00. The predicted molar refractivity (Wildman–Crippen MR) is 69.9 cm³/mol. The molecule has 0 aromatic heterocycles. The molecule has 0 amide bonds. The molecule has 0 aliphatic rings. The molecule has 1 aromatic carbocycles. The van der Waals surface area contributed by atoms with Crippen molar-refractivity contribution in [2.24, 2.45) is 0 Å². The van der Waals surface area contributed by atoms with Crippen molar-refractivity contribution >= 4 is 27.6 Å². The van der Waals surface area contributed by atoms with Gasteiger partial charge in [0, 0.05) is 18.1 Å². The number of aliphatic hydroxyl groups excluding tert-OH is 1. The fraction of sp³-hybridized carbons (Fsp3) is 0.364. The van der Waals surface area contributed by atoms with Gasteiger partial charge in [-0.1, -0.05) is 18.5 Å². The first-order valence-corrected chi connectivity index (χ1v) is 7.40. The molecule has 0 bridgehead atoms. The Morgan fingerprint density at radius 1 is 1.45 bits per heavy atom. The lowest BCUT2D eigenvalue weighted by atomic mass is 10.2. The van der Waals surface area contributed by atoms with E-state index in [1.165, 1.54) is 6.92 Å². The van der Waals surface area contributed by atoms with E-state index >= 15 is 0 Å². The molecule has 6 nitrogen and oxygen atoms in total. The second kappa shape index (κ2) is 6.49. The number of aromatic carboxylic acids is 1. The second-order valence-electron chi connectivity index (χ2n) is 3.79. The molecule has 2 N–H and O–H groups in total. The Labute approximate surface area is 120 Å². The van der Waals surface area contributed by atoms with E-state index in [1.54, 1.807) is 0 Å². The number of likely N-dealkylation sites (N-methyl/N-ethyl adjacent to an activating group) is 1. The maximum Gasteiger partial charge on any atom is 0.338 e. The van der Waals surface area contributed by atoms with Crippen molar-refractivity contribution < 1.29 is 27.8 Å². The molecule has 0 atom stereocenters. The van der Waals surface area contributed by atoms with Crippen LogP contribution in [0.5, 0.6) is 0 Å². The average Bonchev–Trinajstić information content (AvgIpc) is 2.37. The van der Waals surface area contributed by atoms with Gasteiger partial charge < -0.3 is 10.2 Å². The number of rotatable bonds is 6. The molecule has 1 rings (SSSR count). The molecule has 0 radical (unpaired) electrons. The van der Waals surface area contributed by atoms with Crippen LogP contribution in [-0.4, -0.2) is 48.6 Å². The third kappa shape index (κ3) is 3.26. The highest BCUT2D eigenvalue weighted by molar-refractivity contribution is 7.89. The standard InChI is InChI=1S/C11H13ClFNO5S/c1-2-14(3-4-15)20(18,19)9-6-7(12)5-8(10(9)13)11(16)17/h5-6,15H,2-4H2,1H3,(H,16,17). The van der Waals surface area contributed by atoms with Gasteiger partial charge in [-0.25, -0.2) is 17.6 Å². The first kappa shape index (κ1) is 16.8. The van der Waals surface area contributed by atoms with Gasteiger partial charge >= 0.3 is 5.97 Å². The van der Waals surface area contributed by atoms with Gasteiger partial charge in [0.2, 0.25) is 10.0 Å². The summed E-state index contributed by atoms with van der Waals surface area (Å²) in [6.07, 6.45) is 0. The van der Waals surface area contributed by atoms with E-state index in [-0.39, 0.29) is 18.1 Å². The minimum atomic E-state index is -4.27. The Kier molecular flexibility index (Phi) is 5.46. The van der Waals surface area contributed by atoms with Crippen LogP contribution in [0.3, 0.4) is 0 Å². The fourth-order valence-electron chi connectivity index (χ4n) is 1.61. The third-order valence-electron chi connectivity index (χ3n) is 2.55. The van der Waals surface area contributed by atoms with Crippen LogP contribution in [-0.2, 0) is 10.0 Å². The number of nitrogens with zero attached hydrogens (tertiary/aromatic N) is 1. The lowest BCUT2D eigenvalue weighted by molar-refractivity contribution is 0.0691. The van der Waals surface area contributed by atoms with Crippen LogP contribution in [0.1, 0.15) is 17.3 Å². The Balaban J connectivity index is 3.49. The first-order chi connectivity index (χ1) is 9.25. The zero-order chi connectivity index (χ0) is 15.5. The molecule has 0 aliphatic heterocycles. The van der Waals surface area contributed by atoms with Crippen molar-refractivity contribution in [1.82, 2.24) is 4.31 Å². The second-order valence-corrected chi connectivity index (χ2v) is 6.13. The van der Waals surface area contributed by atoms with Gasteiger partial charge in [-0.2, -0.15) is 4.31 Å². The number of hydrogen-bond donors (Lipinski definition) is 2. The molecular formula is C11H13ClFNO5S. The molecule has 0 aliphatic carbocycles. The normalized spacial score (nSPS) is 11.8. The molecule has 0 saturated carbocycles. The zero-order valence-electron chi connectivity index (χ0n) is 10.5. The van der Waals surface area contributed by atoms with Crippen LogP contribution in [0.15, 0.2) is 17.0 Å². The summed E-state index contributed by atoms with van der Waals surface area (Å²) in [6, 6.07) is 1.68. The van der Waals surface area contributed by atoms with E-state index in [0.717, 1.165) is 16.4 Å². The van der Waals surface area contributed by atoms with Gasteiger partial charge in [-0.05, 0) is 12.1 Å². The summed E-state index contributed by atoms with van der Waals surface area (Å²) in [5.41, 5.74) is -0.823. The van der Waals surface area contributed by atoms with Crippen LogP contribution < -0.4 is 0 Å². The SMILES string of the molecule is CCN(CCO)S(=O)(=O)c1cc(Cl)cc(C(=O)O)c1F. The zero-order valence-corrected chi connectivity index (χ0v) is 12.1. The highest BCUT2D eigenvalue weighted by atomic mass is 35.5. The van der Waals surface area contributed by atoms with Gasteiger partial charge in [0.1, 0.15) is 4.90 Å². The molecular weight excluding hydrogens is 313 g/mol. The van der Waals surface area contributed by atoms with Crippen molar-refractivity contribution in [3.63, 3.8) is 0 Å². The topological polar surface area (TPSA) is 94.9 Å². The van der Waals surface area contributed by atoms with E-state index in [0.29, 0.717) is 0 Å². The van der Waals surface area contributed by atoms with Crippen molar-refractivity contribution in [3.8, 4) is 0 Å². The molecule has 0 heterocycles. The molecule has 20 heavy (non-hydrogen) atoms. The highest BCUT2D eigenvalue weighted by Crippen LogP contribution is 2.26. The minimum absolute atomic E-state index is 0.00273. The molecule has 0 fully saturated rings. The van der Waals surface area contributed by atoms with Crippen LogP contribution >= 0.6 is 11.6 Å². The first-order valence-electron chi connectivity index (χ1n) is 5.59. The largest absolute Gasteiger partial charge is 0.478 e. The molecule has 112 valence electrons. The van der Waals surface area contributed by atoms with Gasteiger partial charge in [0.25, 0.3) is 0 Å². The average molecular weight is 326 g/mol. The van der Waals surface area contributed by atoms with E-state index in [1.807, 2.05) is 0 Å². The molecule has 1 aromatic rings. The van der Waals surface area contributed by atoms with E-state index in [2.05, 4.69) is 0 Å². The van der Waals surface area contributed by atoms with Crippen LogP contribution in [0.4, 0.5) is 4.39 Å². The van der Waals surface area contributed by atoms with E-state index in [4.69, 9.17) is 21.8 Å². The number of carboxylic acid groups (broad SMARTS) is 1. The van der Waals surface area contributed by atoms with E-state index in [9.17, 15) is 17.6 Å². The Bertz CT molecular complexity index is 619. The van der Waals surface area contributed by atoms with E-state index < -0.39 is 38.9 Å². The maximum atomic E-state index is 14.0. The number of carboxylic acids is 1. The van der Waals surface area contributed by atoms with Gasteiger partial charge in [-0.3, -0.25) is 0 Å². The summed E-state index contributed by atoms with van der Waals surface area (Å²) in [4.78, 5) is 10.0. The summed E-state index contributed by atoms with van der Waals surface area (Å²) < 4.78 is 39.3. The van der Waals surface area contributed by atoms with Crippen molar-refractivity contribution in [1.29, 1.82) is 0 Å². The van der Waals surface area contributed by atoms with Gasteiger partial charge in [0.15, 0.2) is 5.82 Å². The Morgan fingerprint density at radius 2 is 2.05 bits per heavy atom. The monoisotopic (exact) mass is 325 g/mol. The highest BCUT2D eigenvalue weighted by Gasteiger charge is 2.29. The summed E-state index contributed by atoms with van der Waals surface area (Å²) >= 11 is 5.63. The lowest BCUT2D eigenvalue weighted by Crippen LogP contribution is -2.34. The number of benzene rings is 1. The van der Waals surface area contributed by atoms with Crippen molar-refractivity contribution in [3.05, 3.63) is 28.5 Å². The Morgan fingerprint density at radius 3 is 2.50 bits per heavy atom. The summed E-state index contributed by atoms with van der Waals surface area (Å²) in [5, 5.41) is 17.5. The number of hydrogen-bond acceptors (Lipinski definition) is 4. The van der Waals surface area contributed by atoms with Crippen LogP contribution in [0.2, 0.25) is 5.02 Å². The summed E-state index contributed by atoms with van der Waals surface area (Å²) in [6.45, 7) is 0.833. The predicted octanol–water partition coefficient (Wildman–Crippen LogP) is 1.18. The number of carbonyl (C=O) groups is 1. The molecule has 0 unspecified atom stereocenters. The molecule has 0 saturated heterocycles. The van der Waals surface area contributed by atoms with Crippen LogP contribution in [0.25, 0.3) is 0 Å². The molecule has 0 spiro atoms. The van der Waals surface area contributed by atoms with Gasteiger partial charge in [-0.15, -0.1) is 0 Å². The number of aliphatic hydroxyl groups is 1. The smallest absolute Gasteiger partial charge is 0.338 e. The van der Waals surface area contributed by atoms with Gasteiger partial charge in [0.05, 0.1) is 12.2 Å². The molecule has 9 heteroatoms. The number of halogens is 2. The number of sulfonamides is 1. The minimum Gasteiger partial charge on any atom is -0.478 e. The quantitative estimate of drug-likeness (QED) is 0.819. The summed E-state index contributed by atoms with van der Waals surface area (Å²) in [7, 11) is -4.27. The lowest BCUT2D eigenvalue weighted by Gasteiger charge is -2.20. The maximum absolute atomic E-state index is 14.0. The van der Waals surface area contributed by atoms with Crippen LogP contribution in [0, 0.1) is 5.82 Å². The Hall–Kier alpha value is -1.22. The third-order valence-corrected chi connectivity index (χ3v) is 4.75. The van der Waals surface area contributed by atoms with Crippen molar-refractivity contribution in [2.75, 3.05) is 19.7 Å². The fourth-order valence-corrected chi connectivity index (χ4v) is 3.44.